The zero-order chi connectivity index (χ0) is 16.6. The van der Waals surface area contributed by atoms with E-state index in [4.69, 9.17) is 9.05 Å². The van der Waals surface area contributed by atoms with Crippen molar-refractivity contribution in [3.63, 3.8) is 0 Å². The molecule has 1 aliphatic heterocycles. The molecule has 0 amide bonds. The van der Waals surface area contributed by atoms with E-state index in [1.807, 2.05) is 6.92 Å². The third-order valence-corrected chi connectivity index (χ3v) is 6.21. The number of hydrogen-bond acceptors (Lipinski definition) is 7. The van der Waals surface area contributed by atoms with Gasteiger partial charge in [0.05, 0.1) is 5.92 Å². The zero-order valence-corrected chi connectivity index (χ0v) is 14.3. The first-order valence-electron chi connectivity index (χ1n) is 7.69. The zero-order valence-electron chi connectivity index (χ0n) is 13.4. The molecule has 2 aromatic heterocycles. The molecule has 8 nitrogen and oxygen atoms in total. The van der Waals surface area contributed by atoms with Crippen molar-refractivity contribution in [2.24, 2.45) is 0 Å². The minimum atomic E-state index is -3.63. The summed E-state index contributed by atoms with van der Waals surface area (Å²) in [4.78, 5) is 4.50. The second-order valence-electron chi connectivity index (χ2n) is 5.76. The van der Waals surface area contributed by atoms with Gasteiger partial charge >= 0.3 is 0 Å². The van der Waals surface area contributed by atoms with Gasteiger partial charge in [-0.15, -0.1) is 0 Å². The van der Waals surface area contributed by atoms with Crippen molar-refractivity contribution in [3.05, 3.63) is 23.2 Å². The molecule has 1 fully saturated rings. The summed E-state index contributed by atoms with van der Waals surface area (Å²) < 4.78 is 37.5. The monoisotopic (exact) mass is 340 g/mol. The molecule has 2 aromatic rings. The normalized spacial score (nSPS) is 20.0. The Morgan fingerprint density at radius 1 is 1.26 bits per heavy atom. The van der Waals surface area contributed by atoms with E-state index in [1.165, 1.54) is 4.31 Å². The van der Waals surface area contributed by atoms with Crippen molar-refractivity contribution in [1.29, 1.82) is 0 Å². The molecule has 1 saturated heterocycles. The molecule has 1 aliphatic rings. The van der Waals surface area contributed by atoms with Crippen LogP contribution in [0.15, 0.2) is 13.9 Å². The predicted octanol–water partition coefficient (Wildman–Crippen LogP) is 1.81. The molecule has 0 saturated carbocycles. The molecule has 3 rings (SSSR count). The third kappa shape index (κ3) is 2.90. The first-order valence-corrected chi connectivity index (χ1v) is 9.13. The summed E-state index contributed by atoms with van der Waals surface area (Å²) in [7, 11) is -3.63. The van der Waals surface area contributed by atoms with Crippen LogP contribution in [0.4, 0.5) is 0 Å². The fourth-order valence-electron chi connectivity index (χ4n) is 2.91. The second-order valence-corrected chi connectivity index (χ2v) is 7.63. The number of aromatic nitrogens is 3. The second kappa shape index (κ2) is 6.04. The fourth-order valence-corrected chi connectivity index (χ4v) is 4.73. The number of piperidine rings is 1. The highest BCUT2D eigenvalue weighted by Gasteiger charge is 2.36. The van der Waals surface area contributed by atoms with Gasteiger partial charge in [0.1, 0.15) is 10.6 Å². The van der Waals surface area contributed by atoms with Crippen LogP contribution in [0, 0.1) is 13.8 Å². The molecule has 1 atom stereocenters. The van der Waals surface area contributed by atoms with E-state index in [0.717, 1.165) is 12.8 Å². The molecule has 0 unspecified atom stereocenters. The molecule has 9 heteroatoms. The first-order chi connectivity index (χ1) is 10.9. The summed E-state index contributed by atoms with van der Waals surface area (Å²) in [5.74, 6) is 1.40. The minimum absolute atomic E-state index is 0.0770. The van der Waals surface area contributed by atoms with Gasteiger partial charge in [0.25, 0.3) is 0 Å². The van der Waals surface area contributed by atoms with Gasteiger partial charge in [-0.05, 0) is 26.7 Å². The highest BCUT2D eigenvalue weighted by atomic mass is 32.2. The van der Waals surface area contributed by atoms with E-state index < -0.39 is 10.0 Å². The number of aryl methyl sites for hydroxylation is 3. The van der Waals surface area contributed by atoms with Crippen LogP contribution in [-0.2, 0) is 16.4 Å². The summed E-state index contributed by atoms with van der Waals surface area (Å²) >= 11 is 0. The number of hydrogen-bond donors (Lipinski definition) is 0. The number of nitrogens with zero attached hydrogens (tertiary/aromatic N) is 4. The molecule has 0 N–H and O–H groups in total. The standard InChI is InChI=1S/C14H20N4O4S/c1-4-12-15-14(22-17-12)11-6-5-7-18(8-11)23(19,20)13-9(2)16-21-10(13)3/h11H,4-8H2,1-3H3/t11-/m1/s1. The molecular weight excluding hydrogens is 320 g/mol. The summed E-state index contributed by atoms with van der Waals surface area (Å²) in [6.07, 6.45) is 2.27. The topological polar surface area (TPSA) is 102 Å². The van der Waals surface area contributed by atoms with Gasteiger partial charge in [0, 0.05) is 19.5 Å². The Labute approximate surface area is 134 Å². The van der Waals surface area contributed by atoms with Crippen LogP contribution in [0.3, 0.4) is 0 Å². The Bertz CT molecular complexity index is 776. The summed E-state index contributed by atoms with van der Waals surface area (Å²) in [6.45, 7) is 6.00. The van der Waals surface area contributed by atoms with Crippen molar-refractivity contribution in [2.75, 3.05) is 13.1 Å². The van der Waals surface area contributed by atoms with Crippen molar-refractivity contribution in [1.82, 2.24) is 19.6 Å². The summed E-state index contributed by atoms with van der Waals surface area (Å²) in [5, 5.41) is 7.64. The highest BCUT2D eigenvalue weighted by molar-refractivity contribution is 7.89. The molecule has 0 bridgehead atoms. The SMILES string of the molecule is CCc1noc([C@@H]2CCCN(S(=O)(=O)c3c(C)noc3C)C2)n1. The van der Waals surface area contributed by atoms with E-state index in [-0.39, 0.29) is 10.8 Å². The molecule has 0 aliphatic carbocycles. The quantitative estimate of drug-likeness (QED) is 0.836. The lowest BCUT2D eigenvalue weighted by molar-refractivity contribution is 0.265. The third-order valence-electron chi connectivity index (χ3n) is 4.10. The Morgan fingerprint density at radius 3 is 2.65 bits per heavy atom. The van der Waals surface area contributed by atoms with Gasteiger partial charge in [0.2, 0.25) is 15.9 Å². The lowest BCUT2D eigenvalue weighted by Gasteiger charge is -2.29. The largest absolute Gasteiger partial charge is 0.360 e. The number of sulfonamides is 1. The predicted molar refractivity (Wildman–Crippen MR) is 80.4 cm³/mol. The molecule has 0 radical (unpaired) electrons. The molecule has 3 heterocycles. The average Bonchev–Trinajstić information content (AvgIpc) is 3.14. The van der Waals surface area contributed by atoms with Gasteiger partial charge in [-0.25, -0.2) is 8.42 Å². The minimum Gasteiger partial charge on any atom is -0.360 e. The Hall–Kier alpha value is -1.74. The van der Waals surface area contributed by atoms with E-state index in [2.05, 4.69) is 15.3 Å². The maximum Gasteiger partial charge on any atom is 0.248 e. The van der Waals surface area contributed by atoms with Gasteiger partial charge in [-0.1, -0.05) is 17.2 Å². The van der Waals surface area contributed by atoms with Gasteiger partial charge in [-0.2, -0.15) is 9.29 Å². The summed E-state index contributed by atoms with van der Waals surface area (Å²) in [6, 6.07) is 0. The number of rotatable bonds is 4. The van der Waals surface area contributed by atoms with Gasteiger partial charge < -0.3 is 9.05 Å². The molecule has 0 spiro atoms. The maximum absolute atomic E-state index is 12.9. The Morgan fingerprint density at radius 2 is 2.04 bits per heavy atom. The Kier molecular flexibility index (Phi) is 4.24. The molecule has 23 heavy (non-hydrogen) atoms. The van der Waals surface area contributed by atoms with Gasteiger partial charge in [0.15, 0.2) is 11.6 Å². The van der Waals surface area contributed by atoms with Crippen LogP contribution in [0.2, 0.25) is 0 Å². The van der Waals surface area contributed by atoms with Crippen molar-refractivity contribution >= 4 is 10.0 Å². The molecule has 126 valence electrons. The average molecular weight is 340 g/mol. The molecule has 0 aromatic carbocycles. The Balaban J connectivity index is 1.86. The lowest BCUT2D eigenvalue weighted by atomic mass is 10.00. The lowest BCUT2D eigenvalue weighted by Crippen LogP contribution is -2.39. The van der Waals surface area contributed by atoms with Gasteiger partial charge in [-0.3, -0.25) is 0 Å². The first kappa shape index (κ1) is 16.1. The fraction of sp³-hybridized carbons (Fsp3) is 0.643. The van der Waals surface area contributed by atoms with Crippen LogP contribution in [0.1, 0.15) is 48.9 Å². The highest BCUT2D eigenvalue weighted by Crippen LogP contribution is 2.31. The van der Waals surface area contributed by atoms with Crippen LogP contribution in [-0.4, -0.2) is 41.1 Å². The van der Waals surface area contributed by atoms with Crippen LogP contribution >= 0.6 is 0 Å². The molecular formula is C14H20N4O4S. The van der Waals surface area contributed by atoms with Crippen molar-refractivity contribution in [3.8, 4) is 0 Å². The maximum atomic E-state index is 12.9. The van der Waals surface area contributed by atoms with E-state index >= 15 is 0 Å². The van der Waals surface area contributed by atoms with Crippen molar-refractivity contribution in [2.45, 2.75) is 50.8 Å². The van der Waals surface area contributed by atoms with Crippen LogP contribution in [0.5, 0.6) is 0 Å². The van der Waals surface area contributed by atoms with E-state index in [9.17, 15) is 8.42 Å². The van der Waals surface area contributed by atoms with E-state index in [1.54, 1.807) is 13.8 Å². The van der Waals surface area contributed by atoms with Crippen LogP contribution < -0.4 is 0 Å². The van der Waals surface area contributed by atoms with Crippen molar-refractivity contribution < 1.29 is 17.5 Å². The van der Waals surface area contributed by atoms with Crippen LogP contribution in [0.25, 0.3) is 0 Å². The van der Waals surface area contributed by atoms with E-state index in [0.29, 0.717) is 42.7 Å². The summed E-state index contributed by atoms with van der Waals surface area (Å²) in [5.41, 5.74) is 0.385. The smallest absolute Gasteiger partial charge is 0.248 e.